The normalized spacial score (nSPS) is 19.7. The summed E-state index contributed by atoms with van der Waals surface area (Å²) in [6.45, 7) is 1.92. The van der Waals surface area contributed by atoms with Gasteiger partial charge in [-0.25, -0.2) is 9.97 Å². The molecule has 1 aromatic carbocycles. The molecule has 7 nitrogen and oxygen atoms in total. The summed E-state index contributed by atoms with van der Waals surface area (Å²) < 4.78 is 11.1. The number of rotatable bonds is 4. The van der Waals surface area contributed by atoms with Gasteiger partial charge < -0.3 is 19.7 Å². The summed E-state index contributed by atoms with van der Waals surface area (Å²) in [6, 6.07) is 7.86. The Morgan fingerprint density at radius 3 is 2.78 bits per heavy atom. The summed E-state index contributed by atoms with van der Waals surface area (Å²) in [7, 11) is 1.65. The van der Waals surface area contributed by atoms with Crippen molar-refractivity contribution in [3.63, 3.8) is 0 Å². The molecule has 1 N–H and O–H groups in total. The minimum Gasteiger partial charge on any atom is -0.497 e. The van der Waals surface area contributed by atoms with E-state index in [9.17, 15) is 4.79 Å². The van der Waals surface area contributed by atoms with Gasteiger partial charge in [0.15, 0.2) is 0 Å². The molecule has 2 aliphatic heterocycles. The quantitative estimate of drug-likeness (QED) is 0.891. The molecular formula is C20H24N4O3. The van der Waals surface area contributed by atoms with Crippen LogP contribution in [-0.4, -0.2) is 53.6 Å². The molecule has 4 rings (SSSR count). The molecule has 1 atom stereocenters. The predicted molar refractivity (Wildman–Crippen MR) is 101 cm³/mol. The van der Waals surface area contributed by atoms with Gasteiger partial charge in [-0.1, -0.05) is 0 Å². The maximum Gasteiger partial charge on any atom is 0.229 e. The monoisotopic (exact) mass is 368 g/mol. The number of amides is 1. The van der Waals surface area contributed by atoms with Gasteiger partial charge in [0.25, 0.3) is 0 Å². The number of aromatic nitrogens is 2. The van der Waals surface area contributed by atoms with E-state index in [2.05, 4.69) is 15.3 Å². The molecule has 0 bridgehead atoms. The van der Waals surface area contributed by atoms with Gasteiger partial charge in [0.2, 0.25) is 11.9 Å². The van der Waals surface area contributed by atoms with Gasteiger partial charge in [-0.3, -0.25) is 4.79 Å². The first-order chi connectivity index (χ1) is 13.2. The number of benzene rings is 1. The van der Waals surface area contributed by atoms with Crippen molar-refractivity contribution in [2.75, 3.05) is 32.1 Å². The minimum absolute atomic E-state index is 0.133. The molecule has 2 aliphatic rings. The maximum atomic E-state index is 13.0. The molecule has 2 aromatic rings. The summed E-state index contributed by atoms with van der Waals surface area (Å²) in [5, 5.41) is 3.35. The third-order valence-corrected chi connectivity index (χ3v) is 5.23. The Bertz CT molecular complexity index is 791. The molecule has 1 fully saturated rings. The number of nitrogens with one attached hydrogen (secondary N) is 1. The Balaban J connectivity index is 1.33. The first-order valence-electron chi connectivity index (χ1n) is 9.35. The predicted octanol–water partition coefficient (Wildman–Crippen LogP) is 2.14. The van der Waals surface area contributed by atoms with E-state index in [-0.39, 0.29) is 11.8 Å². The molecular weight excluding hydrogens is 344 g/mol. The Morgan fingerprint density at radius 2 is 2.04 bits per heavy atom. The number of hydrogen-bond acceptors (Lipinski definition) is 6. The lowest BCUT2D eigenvalue weighted by molar-refractivity contribution is -0.137. The highest BCUT2D eigenvalue weighted by atomic mass is 16.5. The summed E-state index contributed by atoms with van der Waals surface area (Å²) in [6.07, 6.45) is 5.93. The van der Waals surface area contributed by atoms with Crippen LogP contribution >= 0.6 is 0 Å². The number of likely N-dealkylation sites (tertiary alicyclic amines) is 1. The molecule has 0 spiro atoms. The van der Waals surface area contributed by atoms with E-state index in [1.165, 1.54) is 0 Å². The maximum absolute atomic E-state index is 13.0. The molecule has 0 unspecified atom stereocenters. The number of anilines is 1. The number of carbonyl (C=O) groups excluding carboxylic acids is 1. The number of carbonyl (C=O) groups is 1. The lowest BCUT2D eigenvalue weighted by Gasteiger charge is -2.35. The van der Waals surface area contributed by atoms with Crippen molar-refractivity contribution in [2.24, 2.45) is 5.92 Å². The molecule has 0 saturated carbocycles. The van der Waals surface area contributed by atoms with E-state index in [4.69, 9.17) is 9.47 Å². The van der Waals surface area contributed by atoms with Crippen molar-refractivity contribution >= 4 is 11.9 Å². The first kappa shape index (κ1) is 17.6. The van der Waals surface area contributed by atoms with Crippen molar-refractivity contribution in [3.05, 3.63) is 42.2 Å². The summed E-state index contributed by atoms with van der Waals surface area (Å²) in [5.41, 5.74) is 1.04. The van der Waals surface area contributed by atoms with Gasteiger partial charge in [0.05, 0.1) is 13.0 Å². The molecule has 7 heteroatoms. The number of hydrogen-bond donors (Lipinski definition) is 1. The molecule has 0 aliphatic carbocycles. The van der Waals surface area contributed by atoms with Crippen LogP contribution in [0.3, 0.4) is 0 Å². The molecule has 1 aromatic heterocycles. The number of piperidine rings is 1. The van der Waals surface area contributed by atoms with Crippen molar-refractivity contribution in [1.29, 1.82) is 0 Å². The SMILES string of the molecule is COc1ccc2c(c1)C[C@@H](C(=O)N1CCC(Nc3ncccn3)CC1)CO2. The molecule has 3 heterocycles. The average molecular weight is 368 g/mol. The number of fused-ring (bicyclic) bond motifs is 1. The van der Waals surface area contributed by atoms with Gasteiger partial charge in [0, 0.05) is 31.5 Å². The van der Waals surface area contributed by atoms with Crippen molar-refractivity contribution in [1.82, 2.24) is 14.9 Å². The Hall–Kier alpha value is -2.83. The van der Waals surface area contributed by atoms with Crippen molar-refractivity contribution in [2.45, 2.75) is 25.3 Å². The second kappa shape index (κ2) is 7.82. The number of ether oxygens (including phenoxy) is 2. The number of nitrogens with zero attached hydrogens (tertiary/aromatic N) is 3. The number of methoxy groups -OCH3 is 1. The second-order valence-electron chi connectivity index (χ2n) is 7.00. The van der Waals surface area contributed by atoms with Gasteiger partial charge in [-0.05, 0) is 49.1 Å². The lowest BCUT2D eigenvalue weighted by atomic mass is 9.94. The fourth-order valence-corrected chi connectivity index (χ4v) is 3.72. The lowest BCUT2D eigenvalue weighted by Crippen LogP contribution is -2.47. The highest BCUT2D eigenvalue weighted by Gasteiger charge is 2.32. The zero-order valence-corrected chi connectivity index (χ0v) is 15.4. The van der Waals surface area contributed by atoms with Crippen molar-refractivity contribution in [3.8, 4) is 11.5 Å². The van der Waals surface area contributed by atoms with Gasteiger partial charge in [-0.15, -0.1) is 0 Å². The van der Waals surface area contributed by atoms with Gasteiger partial charge in [0.1, 0.15) is 18.1 Å². The van der Waals surface area contributed by atoms with Crippen LogP contribution < -0.4 is 14.8 Å². The highest BCUT2D eigenvalue weighted by Crippen LogP contribution is 2.31. The Labute approximate surface area is 158 Å². The molecule has 0 radical (unpaired) electrons. The zero-order valence-electron chi connectivity index (χ0n) is 15.4. The fraction of sp³-hybridized carbons (Fsp3) is 0.450. The molecule has 1 amide bonds. The van der Waals surface area contributed by atoms with E-state index < -0.39 is 0 Å². The van der Waals surface area contributed by atoms with Gasteiger partial charge in [-0.2, -0.15) is 0 Å². The Kier molecular flexibility index (Phi) is 5.09. The largest absolute Gasteiger partial charge is 0.497 e. The standard InChI is InChI=1S/C20H24N4O3/c1-26-17-3-4-18-14(12-17)11-15(13-27-18)19(25)24-9-5-16(6-10-24)23-20-21-7-2-8-22-20/h2-4,7-8,12,15-16H,5-6,9-11,13H2,1H3,(H,21,22,23)/t15-/m1/s1. The van der Waals surface area contributed by atoms with Crippen LogP contribution in [0.5, 0.6) is 11.5 Å². The summed E-state index contributed by atoms with van der Waals surface area (Å²) >= 11 is 0. The van der Waals surface area contributed by atoms with Crippen molar-refractivity contribution < 1.29 is 14.3 Å². The molecule has 1 saturated heterocycles. The average Bonchev–Trinajstić information content (AvgIpc) is 2.73. The third kappa shape index (κ3) is 3.97. The summed E-state index contributed by atoms with van der Waals surface area (Å²) in [5.74, 6) is 2.34. The van der Waals surface area contributed by atoms with E-state index in [1.54, 1.807) is 25.6 Å². The van der Waals surface area contributed by atoms with Crippen LogP contribution in [0.15, 0.2) is 36.7 Å². The second-order valence-corrected chi connectivity index (χ2v) is 7.00. The highest BCUT2D eigenvalue weighted by molar-refractivity contribution is 5.80. The van der Waals surface area contributed by atoms with E-state index >= 15 is 0 Å². The van der Waals surface area contributed by atoms with E-state index in [0.29, 0.717) is 25.0 Å². The van der Waals surface area contributed by atoms with Crippen LogP contribution in [0.4, 0.5) is 5.95 Å². The van der Waals surface area contributed by atoms with Crippen LogP contribution in [0.25, 0.3) is 0 Å². The van der Waals surface area contributed by atoms with Crippen LogP contribution in [0, 0.1) is 5.92 Å². The summed E-state index contributed by atoms with van der Waals surface area (Å²) in [4.78, 5) is 23.3. The first-order valence-corrected chi connectivity index (χ1v) is 9.35. The molecule has 142 valence electrons. The fourth-order valence-electron chi connectivity index (χ4n) is 3.72. The Morgan fingerprint density at radius 1 is 1.26 bits per heavy atom. The van der Waals surface area contributed by atoms with E-state index in [0.717, 1.165) is 43.0 Å². The topological polar surface area (TPSA) is 76.6 Å². The molecule has 27 heavy (non-hydrogen) atoms. The smallest absolute Gasteiger partial charge is 0.229 e. The van der Waals surface area contributed by atoms with E-state index in [1.807, 2.05) is 23.1 Å². The van der Waals surface area contributed by atoms with Crippen LogP contribution in [0.2, 0.25) is 0 Å². The minimum atomic E-state index is -0.133. The van der Waals surface area contributed by atoms with Gasteiger partial charge >= 0.3 is 0 Å². The third-order valence-electron chi connectivity index (χ3n) is 5.23. The van der Waals surface area contributed by atoms with Crippen LogP contribution in [-0.2, 0) is 11.2 Å². The van der Waals surface area contributed by atoms with Crippen LogP contribution in [0.1, 0.15) is 18.4 Å². The zero-order chi connectivity index (χ0) is 18.6.